The van der Waals surface area contributed by atoms with Gasteiger partial charge in [-0.15, -0.1) is 0 Å². The maximum Gasteiger partial charge on any atom is 0.266 e. The van der Waals surface area contributed by atoms with Crippen LogP contribution in [0, 0.1) is 5.82 Å². The maximum atomic E-state index is 13.0. The van der Waals surface area contributed by atoms with Crippen molar-refractivity contribution in [2.75, 3.05) is 19.0 Å². The van der Waals surface area contributed by atoms with Crippen LogP contribution in [-0.4, -0.2) is 36.8 Å². The molecular weight excluding hydrogens is 313 g/mol. The third kappa shape index (κ3) is 2.65. The Hall–Kier alpha value is -3.06. The number of nitrogens with zero attached hydrogens (tertiary/aromatic N) is 2. The molecule has 3 amide bonds. The number of nitrogens with one attached hydrogen (secondary N) is 1. The van der Waals surface area contributed by atoms with Crippen LogP contribution >= 0.6 is 0 Å². The van der Waals surface area contributed by atoms with Gasteiger partial charge < -0.3 is 0 Å². The second kappa shape index (κ2) is 5.86. The number of benzene rings is 2. The van der Waals surface area contributed by atoms with E-state index in [1.54, 1.807) is 14.1 Å². The lowest BCUT2D eigenvalue weighted by Crippen LogP contribution is -2.36. The van der Waals surface area contributed by atoms with Gasteiger partial charge in [-0.1, -0.05) is 0 Å². The number of hydrazine groups is 1. The fourth-order valence-electron chi connectivity index (χ4n) is 2.47. The minimum absolute atomic E-state index is 0.149. The average Bonchev–Trinajstić information content (AvgIpc) is 2.79. The second-order valence-electron chi connectivity index (χ2n) is 5.52. The topological polar surface area (TPSA) is 69.7 Å². The maximum absolute atomic E-state index is 13.0. The Morgan fingerprint density at radius 2 is 1.62 bits per heavy atom. The van der Waals surface area contributed by atoms with Gasteiger partial charge in [0.15, 0.2) is 0 Å². The molecule has 0 spiro atoms. The first-order valence-corrected chi connectivity index (χ1v) is 7.15. The van der Waals surface area contributed by atoms with Crippen molar-refractivity contribution in [2.45, 2.75) is 0 Å². The van der Waals surface area contributed by atoms with Crippen molar-refractivity contribution in [1.82, 2.24) is 10.4 Å². The van der Waals surface area contributed by atoms with Crippen LogP contribution in [0.3, 0.4) is 0 Å². The van der Waals surface area contributed by atoms with Crippen LogP contribution in [0.2, 0.25) is 0 Å². The molecular formula is C17H14FN3O3. The van der Waals surface area contributed by atoms with Gasteiger partial charge in [0.2, 0.25) is 0 Å². The average molecular weight is 327 g/mol. The highest BCUT2D eigenvalue weighted by Crippen LogP contribution is 2.29. The number of halogens is 1. The van der Waals surface area contributed by atoms with Crippen LogP contribution in [0.25, 0.3) is 0 Å². The fraction of sp³-hybridized carbons (Fsp3) is 0.118. The lowest BCUT2D eigenvalue weighted by Gasteiger charge is -2.13. The molecule has 0 saturated carbocycles. The molecule has 122 valence electrons. The van der Waals surface area contributed by atoms with Crippen LogP contribution < -0.4 is 10.3 Å². The van der Waals surface area contributed by atoms with Crippen LogP contribution in [-0.2, 0) is 0 Å². The van der Waals surface area contributed by atoms with Gasteiger partial charge in [-0.3, -0.25) is 19.8 Å². The molecule has 24 heavy (non-hydrogen) atoms. The number of rotatable bonds is 3. The second-order valence-corrected chi connectivity index (χ2v) is 5.52. The van der Waals surface area contributed by atoms with E-state index in [0.717, 1.165) is 4.90 Å². The van der Waals surface area contributed by atoms with Gasteiger partial charge in [-0.05, 0) is 42.5 Å². The van der Waals surface area contributed by atoms with E-state index in [1.807, 2.05) is 0 Å². The minimum atomic E-state index is -0.541. The van der Waals surface area contributed by atoms with Crippen molar-refractivity contribution < 1.29 is 18.8 Å². The predicted molar refractivity (Wildman–Crippen MR) is 85.1 cm³/mol. The molecule has 3 rings (SSSR count). The molecule has 7 heteroatoms. The summed E-state index contributed by atoms with van der Waals surface area (Å²) in [6.07, 6.45) is 0. The largest absolute Gasteiger partial charge is 0.285 e. The van der Waals surface area contributed by atoms with E-state index >= 15 is 0 Å². The van der Waals surface area contributed by atoms with Crippen LogP contribution in [0.15, 0.2) is 42.5 Å². The third-order valence-corrected chi connectivity index (χ3v) is 3.56. The van der Waals surface area contributed by atoms with E-state index in [9.17, 15) is 18.8 Å². The Balaban J connectivity index is 1.97. The first kappa shape index (κ1) is 15.8. The first-order chi connectivity index (χ1) is 11.4. The predicted octanol–water partition coefficient (Wildman–Crippen LogP) is 1.83. The van der Waals surface area contributed by atoms with E-state index in [4.69, 9.17) is 0 Å². The Kier molecular flexibility index (Phi) is 3.86. The third-order valence-electron chi connectivity index (χ3n) is 3.56. The van der Waals surface area contributed by atoms with E-state index in [1.165, 1.54) is 47.5 Å². The summed E-state index contributed by atoms with van der Waals surface area (Å²) in [6, 6.07) is 9.38. The molecule has 1 aliphatic rings. The molecule has 1 N–H and O–H groups in total. The Morgan fingerprint density at radius 3 is 2.25 bits per heavy atom. The highest BCUT2D eigenvalue weighted by atomic mass is 19.1. The number of amides is 3. The zero-order chi connectivity index (χ0) is 17.4. The van der Waals surface area contributed by atoms with Gasteiger partial charge in [0.25, 0.3) is 17.7 Å². The Labute approximate surface area is 137 Å². The van der Waals surface area contributed by atoms with Crippen LogP contribution in [0.4, 0.5) is 10.1 Å². The standard InChI is InChI=1S/C17H14FN3O3/c1-20(2)19-15(22)10-3-8-13-14(9-10)17(24)21(16(13)23)12-6-4-11(18)5-7-12/h3-9H,1-2H3,(H,19,22). The number of carbonyl (C=O) groups excluding carboxylic acids is 3. The van der Waals surface area contributed by atoms with Crippen LogP contribution in [0.1, 0.15) is 31.1 Å². The van der Waals surface area contributed by atoms with Crippen molar-refractivity contribution in [3.63, 3.8) is 0 Å². The van der Waals surface area contributed by atoms with Crippen LogP contribution in [0.5, 0.6) is 0 Å². The van der Waals surface area contributed by atoms with Crippen molar-refractivity contribution >= 4 is 23.4 Å². The highest BCUT2D eigenvalue weighted by Gasteiger charge is 2.37. The van der Waals surface area contributed by atoms with Gasteiger partial charge in [0.05, 0.1) is 16.8 Å². The first-order valence-electron chi connectivity index (χ1n) is 7.15. The molecule has 0 aromatic heterocycles. The monoisotopic (exact) mass is 327 g/mol. The van der Waals surface area contributed by atoms with Gasteiger partial charge in [0.1, 0.15) is 5.82 Å². The van der Waals surface area contributed by atoms with E-state index < -0.39 is 17.6 Å². The summed E-state index contributed by atoms with van der Waals surface area (Å²) < 4.78 is 13.0. The summed E-state index contributed by atoms with van der Waals surface area (Å²) in [6.45, 7) is 0. The molecule has 0 bridgehead atoms. The summed E-state index contributed by atoms with van der Waals surface area (Å²) in [5.41, 5.74) is 3.48. The molecule has 0 unspecified atom stereocenters. The number of fused-ring (bicyclic) bond motifs is 1. The molecule has 0 atom stereocenters. The van der Waals surface area contributed by atoms with Gasteiger partial charge >= 0.3 is 0 Å². The lowest BCUT2D eigenvalue weighted by atomic mass is 10.1. The Morgan fingerprint density at radius 1 is 1.00 bits per heavy atom. The minimum Gasteiger partial charge on any atom is -0.285 e. The normalized spacial score (nSPS) is 13.4. The summed E-state index contributed by atoms with van der Waals surface area (Å²) >= 11 is 0. The quantitative estimate of drug-likeness (QED) is 0.690. The van der Waals surface area contributed by atoms with E-state index in [2.05, 4.69) is 5.43 Å². The number of hydrogen-bond donors (Lipinski definition) is 1. The van der Waals surface area contributed by atoms with E-state index in [0.29, 0.717) is 0 Å². The number of anilines is 1. The van der Waals surface area contributed by atoms with Crippen molar-refractivity contribution in [2.24, 2.45) is 0 Å². The number of hydrogen-bond acceptors (Lipinski definition) is 4. The smallest absolute Gasteiger partial charge is 0.266 e. The summed E-state index contributed by atoms with van der Waals surface area (Å²) in [4.78, 5) is 38.0. The molecule has 2 aromatic rings. The zero-order valence-electron chi connectivity index (χ0n) is 13.0. The molecule has 0 radical (unpaired) electrons. The molecule has 1 heterocycles. The Bertz CT molecular complexity index is 847. The molecule has 1 aliphatic heterocycles. The summed E-state index contributed by atoms with van der Waals surface area (Å²) in [5.74, 6) is -1.89. The van der Waals surface area contributed by atoms with Gasteiger partial charge in [0, 0.05) is 19.7 Å². The van der Waals surface area contributed by atoms with Gasteiger partial charge in [-0.2, -0.15) is 0 Å². The number of carbonyl (C=O) groups is 3. The summed E-state index contributed by atoms with van der Waals surface area (Å²) in [7, 11) is 3.33. The lowest BCUT2D eigenvalue weighted by molar-refractivity contribution is 0.0855. The molecule has 0 aliphatic carbocycles. The molecule has 2 aromatic carbocycles. The fourth-order valence-corrected chi connectivity index (χ4v) is 2.47. The van der Waals surface area contributed by atoms with Crippen molar-refractivity contribution in [3.05, 3.63) is 65.0 Å². The summed E-state index contributed by atoms with van der Waals surface area (Å²) in [5, 5.41) is 1.48. The number of imide groups is 1. The molecule has 0 saturated heterocycles. The molecule has 0 fully saturated rings. The molecule has 6 nitrogen and oxygen atoms in total. The van der Waals surface area contributed by atoms with Gasteiger partial charge in [-0.25, -0.2) is 14.3 Å². The zero-order valence-corrected chi connectivity index (χ0v) is 13.0. The SMILES string of the molecule is CN(C)NC(=O)c1ccc2c(c1)C(=O)N(c1ccc(F)cc1)C2=O. The van der Waals surface area contributed by atoms with Crippen molar-refractivity contribution in [1.29, 1.82) is 0 Å². The van der Waals surface area contributed by atoms with Crippen molar-refractivity contribution in [3.8, 4) is 0 Å². The van der Waals surface area contributed by atoms with E-state index in [-0.39, 0.29) is 28.3 Å². The highest BCUT2D eigenvalue weighted by molar-refractivity contribution is 6.34.